The minimum atomic E-state index is -0.200. The lowest BCUT2D eigenvalue weighted by molar-refractivity contribution is 0.244. The Kier molecular flexibility index (Phi) is 4.52. The van der Waals surface area contributed by atoms with Gasteiger partial charge in [-0.3, -0.25) is 5.32 Å². The van der Waals surface area contributed by atoms with E-state index in [4.69, 9.17) is 4.52 Å². The SMILES string of the molecule is CS[C@H]1CCCC[C@H]1NC(=O)Nc1cc(C)on1. The summed E-state index contributed by atoms with van der Waals surface area (Å²) in [5, 5.41) is 9.97. The van der Waals surface area contributed by atoms with Crippen molar-refractivity contribution >= 4 is 23.6 Å². The Hall–Kier alpha value is -1.17. The average molecular weight is 269 g/mol. The van der Waals surface area contributed by atoms with Crippen LogP contribution >= 0.6 is 11.8 Å². The maximum Gasteiger partial charge on any atom is 0.320 e. The number of nitrogens with zero attached hydrogens (tertiary/aromatic N) is 1. The summed E-state index contributed by atoms with van der Waals surface area (Å²) in [6, 6.07) is 1.75. The number of hydrogen-bond acceptors (Lipinski definition) is 4. The van der Waals surface area contributed by atoms with Crippen LogP contribution in [-0.4, -0.2) is 28.7 Å². The number of nitrogens with one attached hydrogen (secondary N) is 2. The molecule has 0 unspecified atom stereocenters. The molecule has 0 aromatic carbocycles. The van der Waals surface area contributed by atoms with E-state index in [9.17, 15) is 4.79 Å². The minimum absolute atomic E-state index is 0.200. The van der Waals surface area contributed by atoms with Crippen molar-refractivity contribution < 1.29 is 9.32 Å². The van der Waals surface area contributed by atoms with E-state index in [0.29, 0.717) is 16.8 Å². The molecular weight excluding hydrogens is 250 g/mol. The Morgan fingerprint density at radius 3 is 2.94 bits per heavy atom. The van der Waals surface area contributed by atoms with Gasteiger partial charge in [0, 0.05) is 17.4 Å². The molecule has 0 bridgehead atoms. The first-order chi connectivity index (χ1) is 8.69. The smallest absolute Gasteiger partial charge is 0.320 e. The van der Waals surface area contributed by atoms with Crippen molar-refractivity contribution in [1.82, 2.24) is 10.5 Å². The molecule has 1 aliphatic carbocycles. The lowest BCUT2D eigenvalue weighted by Gasteiger charge is -2.30. The molecule has 1 aromatic rings. The van der Waals surface area contributed by atoms with Crippen molar-refractivity contribution in [3.8, 4) is 0 Å². The van der Waals surface area contributed by atoms with Gasteiger partial charge in [0.05, 0.1) is 0 Å². The molecule has 2 rings (SSSR count). The fourth-order valence-corrected chi connectivity index (χ4v) is 3.23. The molecule has 1 saturated carbocycles. The van der Waals surface area contributed by atoms with Gasteiger partial charge in [0.15, 0.2) is 5.82 Å². The van der Waals surface area contributed by atoms with Gasteiger partial charge < -0.3 is 9.84 Å². The van der Waals surface area contributed by atoms with Crippen LogP contribution in [0.15, 0.2) is 10.6 Å². The number of hydrogen-bond donors (Lipinski definition) is 2. The standard InChI is InChI=1S/C12H19N3O2S/c1-8-7-11(15-17-8)14-12(16)13-9-5-3-4-6-10(9)18-2/h7,9-10H,3-6H2,1-2H3,(H2,13,14,15,16)/t9-,10+/m1/s1. The Morgan fingerprint density at radius 2 is 2.28 bits per heavy atom. The van der Waals surface area contributed by atoms with Crippen LogP contribution in [0.2, 0.25) is 0 Å². The highest BCUT2D eigenvalue weighted by molar-refractivity contribution is 7.99. The molecule has 0 radical (unpaired) electrons. The third kappa shape index (κ3) is 3.41. The summed E-state index contributed by atoms with van der Waals surface area (Å²) < 4.78 is 4.90. The van der Waals surface area contributed by atoms with Crippen LogP contribution in [0.1, 0.15) is 31.4 Å². The number of carbonyl (C=O) groups is 1. The molecular formula is C12H19N3O2S. The molecule has 0 spiro atoms. The first-order valence-electron chi connectivity index (χ1n) is 6.22. The first kappa shape index (κ1) is 13.3. The van der Waals surface area contributed by atoms with E-state index in [1.165, 1.54) is 19.3 Å². The van der Waals surface area contributed by atoms with E-state index in [0.717, 1.165) is 6.42 Å². The van der Waals surface area contributed by atoms with Crippen LogP contribution in [0.5, 0.6) is 0 Å². The molecule has 2 N–H and O–H groups in total. The summed E-state index contributed by atoms with van der Waals surface area (Å²) in [7, 11) is 0. The second-order valence-electron chi connectivity index (χ2n) is 4.59. The fourth-order valence-electron chi connectivity index (χ4n) is 2.29. The van der Waals surface area contributed by atoms with Crippen molar-refractivity contribution in [2.24, 2.45) is 0 Å². The normalized spacial score (nSPS) is 23.7. The number of amides is 2. The first-order valence-corrected chi connectivity index (χ1v) is 7.51. The van der Waals surface area contributed by atoms with E-state index < -0.39 is 0 Å². The van der Waals surface area contributed by atoms with Crippen molar-refractivity contribution in [2.45, 2.75) is 43.9 Å². The molecule has 0 saturated heterocycles. The molecule has 2 amide bonds. The summed E-state index contributed by atoms with van der Waals surface area (Å²) in [5.41, 5.74) is 0. The van der Waals surface area contributed by atoms with Gasteiger partial charge in [-0.1, -0.05) is 18.0 Å². The van der Waals surface area contributed by atoms with E-state index in [-0.39, 0.29) is 12.1 Å². The summed E-state index contributed by atoms with van der Waals surface area (Å²) in [6.07, 6.45) is 6.77. The summed E-state index contributed by atoms with van der Waals surface area (Å²) in [6.45, 7) is 1.79. The summed E-state index contributed by atoms with van der Waals surface area (Å²) in [5.74, 6) is 1.14. The number of carbonyl (C=O) groups excluding carboxylic acids is 1. The molecule has 18 heavy (non-hydrogen) atoms. The van der Waals surface area contributed by atoms with Crippen LogP contribution in [0.4, 0.5) is 10.6 Å². The monoisotopic (exact) mass is 269 g/mol. The number of aryl methyl sites for hydroxylation is 1. The zero-order valence-corrected chi connectivity index (χ0v) is 11.5. The quantitative estimate of drug-likeness (QED) is 0.885. The van der Waals surface area contributed by atoms with Gasteiger partial charge in [-0.05, 0) is 26.0 Å². The van der Waals surface area contributed by atoms with E-state index in [2.05, 4.69) is 22.0 Å². The second kappa shape index (κ2) is 6.13. The molecule has 5 nitrogen and oxygen atoms in total. The molecule has 1 aromatic heterocycles. The lowest BCUT2D eigenvalue weighted by atomic mass is 9.95. The Morgan fingerprint density at radius 1 is 1.50 bits per heavy atom. The largest absolute Gasteiger partial charge is 0.360 e. The Labute approximate surface area is 111 Å². The lowest BCUT2D eigenvalue weighted by Crippen LogP contribution is -2.45. The van der Waals surface area contributed by atoms with Gasteiger partial charge in [-0.15, -0.1) is 0 Å². The molecule has 0 aliphatic heterocycles. The highest BCUT2D eigenvalue weighted by atomic mass is 32.2. The maximum atomic E-state index is 11.8. The second-order valence-corrected chi connectivity index (χ2v) is 5.66. The van der Waals surface area contributed by atoms with Gasteiger partial charge in [0.25, 0.3) is 0 Å². The maximum absolute atomic E-state index is 11.8. The predicted octanol–water partition coefficient (Wildman–Crippen LogP) is 2.78. The van der Waals surface area contributed by atoms with Crippen LogP contribution in [0.3, 0.4) is 0 Å². The Bertz CT molecular complexity index is 408. The summed E-state index contributed by atoms with van der Waals surface area (Å²) >= 11 is 1.83. The van der Waals surface area contributed by atoms with Gasteiger partial charge in [0.1, 0.15) is 5.76 Å². The third-order valence-corrected chi connectivity index (χ3v) is 4.36. The highest BCUT2D eigenvalue weighted by Gasteiger charge is 2.25. The third-order valence-electron chi connectivity index (χ3n) is 3.19. The van der Waals surface area contributed by atoms with Crippen molar-refractivity contribution in [2.75, 3.05) is 11.6 Å². The topological polar surface area (TPSA) is 67.2 Å². The zero-order valence-electron chi connectivity index (χ0n) is 10.7. The van der Waals surface area contributed by atoms with Gasteiger partial charge >= 0.3 is 6.03 Å². The number of rotatable bonds is 3. The van der Waals surface area contributed by atoms with Crippen LogP contribution in [0.25, 0.3) is 0 Å². The van der Waals surface area contributed by atoms with Gasteiger partial charge in [-0.25, -0.2) is 4.79 Å². The number of urea groups is 1. The predicted molar refractivity (Wildman–Crippen MR) is 73.0 cm³/mol. The van der Waals surface area contributed by atoms with E-state index in [1.54, 1.807) is 13.0 Å². The Balaban J connectivity index is 1.86. The average Bonchev–Trinajstić information content (AvgIpc) is 2.75. The van der Waals surface area contributed by atoms with Crippen LogP contribution in [-0.2, 0) is 0 Å². The molecule has 100 valence electrons. The fraction of sp³-hybridized carbons (Fsp3) is 0.667. The van der Waals surface area contributed by atoms with E-state index >= 15 is 0 Å². The van der Waals surface area contributed by atoms with Crippen LogP contribution in [0, 0.1) is 6.92 Å². The zero-order chi connectivity index (χ0) is 13.0. The van der Waals surface area contributed by atoms with E-state index in [1.807, 2.05) is 11.8 Å². The molecule has 6 heteroatoms. The van der Waals surface area contributed by atoms with Gasteiger partial charge in [-0.2, -0.15) is 11.8 Å². The molecule has 1 heterocycles. The molecule has 2 atom stereocenters. The highest BCUT2D eigenvalue weighted by Crippen LogP contribution is 2.27. The van der Waals surface area contributed by atoms with Crippen molar-refractivity contribution in [1.29, 1.82) is 0 Å². The van der Waals surface area contributed by atoms with Crippen LogP contribution < -0.4 is 10.6 Å². The molecule has 1 fully saturated rings. The number of aromatic nitrogens is 1. The summed E-state index contributed by atoms with van der Waals surface area (Å²) in [4.78, 5) is 11.8. The molecule has 1 aliphatic rings. The van der Waals surface area contributed by atoms with Crippen molar-refractivity contribution in [3.63, 3.8) is 0 Å². The van der Waals surface area contributed by atoms with Gasteiger partial charge in [0.2, 0.25) is 0 Å². The minimum Gasteiger partial charge on any atom is -0.360 e. The number of thioether (sulfide) groups is 1. The van der Waals surface area contributed by atoms with Crippen molar-refractivity contribution in [3.05, 3.63) is 11.8 Å². The number of anilines is 1.